The van der Waals surface area contributed by atoms with E-state index in [2.05, 4.69) is 20.9 Å². The number of carbonyl (C=O) groups is 1. The third kappa shape index (κ3) is 3.53. The van der Waals surface area contributed by atoms with Crippen molar-refractivity contribution >= 4 is 65.8 Å². The number of thiophene rings is 1. The van der Waals surface area contributed by atoms with Gasteiger partial charge in [-0.05, 0) is 30.3 Å². The number of nitro groups is 1. The van der Waals surface area contributed by atoms with Gasteiger partial charge in [-0.1, -0.05) is 38.6 Å². The predicted molar refractivity (Wildman–Crippen MR) is 99.1 cm³/mol. The van der Waals surface area contributed by atoms with Crippen LogP contribution in [0.4, 0.5) is 5.00 Å². The number of amides is 1. The van der Waals surface area contributed by atoms with Crippen LogP contribution in [0.1, 0.15) is 4.88 Å². The largest absolute Gasteiger partial charge is 0.324 e. The van der Waals surface area contributed by atoms with E-state index in [0.29, 0.717) is 9.68 Å². The Morgan fingerprint density at radius 2 is 2.12 bits per heavy atom. The third-order valence-corrected chi connectivity index (χ3v) is 5.75. The molecule has 0 saturated carbocycles. The Morgan fingerprint density at radius 3 is 2.83 bits per heavy atom. The van der Waals surface area contributed by atoms with Crippen LogP contribution in [-0.4, -0.2) is 15.4 Å². The lowest BCUT2D eigenvalue weighted by molar-refractivity contribution is -0.380. The predicted octanol–water partition coefficient (Wildman–Crippen LogP) is 4.11. The van der Waals surface area contributed by atoms with Gasteiger partial charge in [0.2, 0.25) is 0 Å². The topological polar surface area (TPSA) is 77.5 Å². The van der Waals surface area contributed by atoms with E-state index in [1.807, 2.05) is 29.8 Å². The number of fused-ring (bicyclic) bond motifs is 1. The van der Waals surface area contributed by atoms with Gasteiger partial charge in [-0.15, -0.1) is 0 Å². The number of rotatable bonds is 3. The van der Waals surface area contributed by atoms with Crippen LogP contribution >= 0.6 is 38.6 Å². The quantitative estimate of drug-likeness (QED) is 0.361. The summed E-state index contributed by atoms with van der Waals surface area (Å²) in [5, 5.41) is 10.7. The van der Waals surface area contributed by atoms with Crippen LogP contribution in [0.2, 0.25) is 0 Å². The van der Waals surface area contributed by atoms with Crippen molar-refractivity contribution < 1.29 is 9.72 Å². The van der Waals surface area contributed by atoms with E-state index in [1.165, 1.54) is 29.6 Å². The molecule has 3 aromatic rings. The Labute approximate surface area is 152 Å². The molecule has 0 aliphatic heterocycles. The highest BCUT2D eigenvalue weighted by Crippen LogP contribution is 2.25. The number of hydrogen-bond donors (Lipinski definition) is 0. The van der Waals surface area contributed by atoms with Gasteiger partial charge in [-0.2, -0.15) is 4.99 Å². The van der Waals surface area contributed by atoms with Gasteiger partial charge in [0.25, 0.3) is 5.91 Å². The van der Waals surface area contributed by atoms with Crippen LogP contribution in [0.15, 0.2) is 45.9 Å². The summed E-state index contributed by atoms with van der Waals surface area (Å²) in [7, 11) is 1.85. The van der Waals surface area contributed by atoms with E-state index >= 15 is 0 Å². The van der Waals surface area contributed by atoms with Crippen LogP contribution in [-0.2, 0) is 11.8 Å². The van der Waals surface area contributed by atoms with Gasteiger partial charge in [0.1, 0.15) is 0 Å². The number of hydrogen-bond acceptors (Lipinski definition) is 5. The summed E-state index contributed by atoms with van der Waals surface area (Å²) in [4.78, 5) is 27.5. The Balaban J connectivity index is 1.87. The number of carbonyl (C=O) groups excluding carboxylic acids is 1. The van der Waals surface area contributed by atoms with E-state index in [0.717, 1.165) is 26.0 Å². The fourth-order valence-electron chi connectivity index (χ4n) is 2.03. The number of aryl methyl sites for hydroxylation is 1. The second-order valence-corrected chi connectivity index (χ2v) is 7.79. The zero-order valence-electron chi connectivity index (χ0n) is 12.3. The van der Waals surface area contributed by atoms with Gasteiger partial charge in [-0.3, -0.25) is 14.9 Å². The highest BCUT2D eigenvalue weighted by Gasteiger charge is 2.08. The number of thiazole rings is 1. The molecule has 9 heteroatoms. The molecule has 0 radical (unpaired) electrons. The first-order valence-corrected chi connectivity index (χ1v) is 9.13. The monoisotopic (exact) mass is 423 g/mol. The van der Waals surface area contributed by atoms with Crippen molar-refractivity contribution in [1.82, 2.24) is 4.57 Å². The molecular formula is C15H10BrN3O3S2. The lowest BCUT2D eigenvalue weighted by Gasteiger charge is -1.94. The minimum Gasteiger partial charge on any atom is -0.319 e. The van der Waals surface area contributed by atoms with Gasteiger partial charge >= 0.3 is 5.00 Å². The Bertz CT molecular complexity index is 1050. The van der Waals surface area contributed by atoms with Crippen molar-refractivity contribution in [3.05, 3.63) is 60.7 Å². The molecule has 6 nitrogen and oxygen atoms in total. The molecule has 0 N–H and O–H groups in total. The lowest BCUT2D eigenvalue weighted by Crippen LogP contribution is -2.12. The number of benzene rings is 1. The minimum absolute atomic E-state index is 0.0421. The molecular weight excluding hydrogens is 414 g/mol. The van der Waals surface area contributed by atoms with Crippen molar-refractivity contribution in [2.24, 2.45) is 12.0 Å². The first-order chi connectivity index (χ1) is 11.4. The highest BCUT2D eigenvalue weighted by molar-refractivity contribution is 9.10. The highest BCUT2D eigenvalue weighted by atomic mass is 79.9. The van der Waals surface area contributed by atoms with Crippen molar-refractivity contribution in [2.75, 3.05) is 0 Å². The second kappa shape index (κ2) is 6.80. The van der Waals surface area contributed by atoms with Crippen molar-refractivity contribution in [3.63, 3.8) is 0 Å². The molecule has 2 aromatic heterocycles. The standard InChI is InChI=1S/C15H10BrN3O3S2/c1-18-11-5-2-9(16)8-12(11)24-15(18)17-13(20)6-3-10-4-7-14(23-10)19(21)22/h2-8H,1H3/b6-3+,17-15?. The summed E-state index contributed by atoms with van der Waals surface area (Å²) in [6, 6.07) is 8.88. The molecule has 3 rings (SSSR count). The zero-order valence-corrected chi connectivity index (χ0v) is 15.5. The summed E-state index contributed by atoms with van der Waals surface area (Å²) in [6.07, 6.45) is 2.85. The average molecular weight is 424 g/mol. The fourth-order valence-corrected chi connectivity index (χ4v) is 4.33. The smallest absolute Gasteiger partial charge is 0.319 e. The summed E-state index contributed by atoms with van der Waals surface area (Å²) in [5.41, 5.74) is 0.993. The summed E-state index contributed by atoms with van der Waals surface area (Å²) < 4.78 is 3.85. The average Bonchev–Trinajstić information content (AvgIpc) is 3.11. The van der Waals surface area contributed by atoms with Crippen LogP contribution in [0.3, 0.4) is 0 Å². The van der Waals surface area contributed by atoms with Crippen molar-refractivity contribution in [1.29, 1.82) is 0 Å². The zero-order chi connectivity index (χ0) is 17.3. The van der Waals surface area contributed by atoms with Crippen molar-refractivity contribution in [3.8, 4) is 0 Å². The van der Waals surface area contributed by atoms with Crippen molar-refractivity contribution in [2.45, 2.75) is 0 Å². The Morgan fingerprint density at radius 1 is 1.33 bits per heavy atom. The number of halogens is 1. The molecule has 0 spiro atoms. The molecule has 0 aliphatic carbocycles. The van der Waals surface area contributed by atoms with E-state index in [-0.39, 0.29) is 5.00 Å². The number of aromatic nitrogens is 1. The molecule has 0 aliphatic rings. The van der Waals surface area contributed by atoms with Gasteiger partial charge in [0.15, 0.2) is 4.80 Å². The SMILES string of the molecule is Cn1c(=NC(=O)/C=C/c2ccc([N+](=O)[O-])s2)sc2cc(Br)ccc21. The first kappa shape index (κ1) is 16.7. The van der Waals surface area contributed by atoms with E-state index in [9.17, 15) is 14.9 Å². The molecule has 122 valence electrons. The van der Waals surface area contributed by atoms with Crippen LogP contribution in [0.25, 0.3) is 16.3 Å². The molecule has 0 bridgehead atoms. The van der Waals surface area contributed by atoms with Crippen LogP contribution in [0.5, 0.6) is 0 Å². The molecule has 1 amide bonds. The summed E-state index contributed by atoms with van der Waals surface area (Å²) in [6.45, 7) is 0. The Hall–Kier alpha value is -2.10. The minimum atomic E-state index is -0.455. The summed E-state index contributed by atoms with van der Waals surface area (Å²) >= 11 is 5.85. The van der Waals surface area contributed by atoms with Crippen LogP contribution in [0, 0.1) is 10.1 Å². The molecule has 0 saturated heterocycles. The Kier molecular flexibility index (Phi) is 4.74. The molecule has 2 heterocycles. The summed E-state index contributed by atoms with van der Waals surface area (Å²) in [5.74, 6) is -0.410. The maximum absolute atomic E-state index is 12.0. The number of nitrogens with zero attached hydrogens (tertiary/aromatic N) is 3. The molecule has 0 unspecified atom stereocenters. The van der Waals surface area contributed by atoms with Gasteiger partial charge in [0.05, 0.1) is 15.1 Å². The lowest BCUT2D eigenvalue weighted by atomic mass is 10.3. The molecule has 1 aromatic carbocycles. The maximum atomic E-state index is 12.0. The fraction of sp³-hybridized carbons (Fsp3) is 0.0667. The van der Waals surface area contributed by atoms with Gasteiger partial charge in [0, 0.05) is 28.5 Å². The van der Waals surface area contributed by atoms with Gasteiger partial charge in [-0.25, -0.2) is 0 Å². The molecule has 0 fully saturated rings. The van der Waals surface area contributed by atoms with E-state index in [4.69, 9.17) is 0 Å². The van der Waals surface area contributed by atoms with Crippen LogP contribution < -0.4 is 4.80 Å². The maximum Gasteiger partial charge on any atom is 0.324 e. The van der Waals surface area contributed by atoms with E-state index in [1.54, 1.807) is 6.07 Å². The normalized spacial score (nSPS) is 12.3. The first-order valence-electron chi connectivity index (χ1n) is 6.70. The third-order valence-electron chi connectivity index (χ3n) is 3.16. The second-order valence-electron chi connectivity index (χ2n) is 4.77. The van der Waals surface area contributed by atoms with E-state index < -0.39 is 10.8 Å². The molecule has 0 atom stereocenters. The molecule has 24 heavy (non-hydrogen) atoms. The van der Waals surface area contributed by atoms with Gasteiger partial charge < -0.3 is 4.57 Å².